The van der Waals surface area contributed by atoms with E-state index in [2.05, 4.69) is 40.5 Å². The number of aromatic nitrogens is 1. The molecule has 3 rings (SSSR count). The number of halogens is 1. The molecule has 29 heavy (non-hydrogen) atoms. The van der Waals surface area contributed by atoms with Gasteiger partial charge in [0.2, 0.25) is 5.88 Å². The highest BCUT2D eigenvalue weighted by Gasteiger charge is 2.30. The summed E-state index contributed by atoms with van der Waals surface area (Å²) in [4.78, 5) is 21.1. The van der Waals surface area contributed by atoms with Crippen LogP contribution in [0.15, 0.2) is 42.5 Å². The average Bonchev–Trinajstić information content (AvgIpc) is 2.65. The third-order valence-corrected chi connectivity index (χ3v) is 5.18. The number of benzene rings is 1. The molecule has 7 heteroatoms. The van der Waals surface area contributed by atoms with E-state index >= 15 is 0 Å². The summed E-state index contributed by atoms with van der Waals surface area (Å²) >= 11 is 2.29. The van der Waals surface area contributed by atoms with Crippen LogP contribution in [0.3, 0.4) is 0 Å². The second-order valence-corrected chi connectivity index (χ2v) is 9.47. The quantitative estimate of drug-likeness (QED) is 0.559. The van der Waals surface area contributed by atoms with Crippen LogP contribution in [0.1, 0.15) is 33.3 Å². The Labute approximate surface area is 186 Å². The van der Waals surface area contributed by atoms with Crippen LogP contribution in [0, 0.1) is 3.57 Å². The van der Waals surface area contributed by atoms with Gasteiger partial charge >= 0.3 is 6.09 Å². The SMILES string of the molecule is C[C@H]1CN(C(=O)OC(C)(C)C)CCN1c1cc(I)cc(OCc2ccccc2)n1. The summed E-state index contributed by atoms with van der Waals surface area (Å²) in [6, 6.07) is 14.2. The highest BCUT2D eigenvalue weighted by atomic mass is 127. The van der Waals surface area contributed by atoms with E-state index in [9.17, 15) is 4.79 Å². The Kier molecular flexibility index (Phi) is 6.87. The predicted octanol–water partition coefficient (Wildman–Crippen LogP) is 4.71. The standard InChI is InChI=1S/C22H28IN3O3/c1-16-14-25(21(27)29-22(2,3)4)10-11-26(16)19-12-18(23)13-20(24-19)28-15-17-8-6-5-7-9-17/h5-9,12-13,16H,10-11,14-15H2,1-4H3/t16-/m0/s1. The first-order valence-corrected chi connectivity index (χ1v) is 10.9. The van der Waals surface area contributed by atoms with Gasteiger partial charge in [0.1, 0.15) is 18.0 Å². The Balaban J connectivity index is 1.66. The number of carbonyl (C=O) groups is 1. The van der Waals surface area contributed by atoms with Crippen molar-refractivity contribution in [1.82, 2.24) is 9.88 Å². The largest absolute Gasteiger partial charge is 0.473 e. The fourth-order valence-electron chi connectivity index (χ4n) is 3.20. The summed E-state index contributed by atoms with van der Waals surface area (Å²) in [5.74, 6) is 1.48. The molecule has 2 heterocycles. The maximum atomic E-state index is 12.4. The number of anilines is 1. The fraction of sp³-hybridized carbons (Fsp3) is 0.455. The normalized spacial score (nSPS) is 17.2. The molecule has 0 aliphatic carbocycles. The van der Waals surface area contributed by atoms with E-state index < -0.39 is 5.60 Å². The Bertz CT molecular complexity index is 839. The topological polar surface area (TPSA) is 54.9 Å². The molecule has 1 saturated heterocycles. The molecule has 1 aromatic carbocycles. The third kappa shape index (κ3) is 6.22. The van der Waals surface area contributed by atoms with Gasteiger partial charge in [-0.3, -0.25) is 0 Å². The first-order chi connectivity index (χ1) is 13.7. The molecule has 1 fully saturated rings. The lowest BCUT2D eigenvalue weighted by Gasteiger charge is -2.40. The van der Waals surface area contributed by atoms with Crippen LogP contribution in [0.4, 0.5) is 10.6 Å². The van der Waals surface area contributed by atoms with Crippen molar-refractivity contribution >= 4 is 34.5 Å². The number of nitrogens with zero attached hydrogens (tertiary/aromatic N) is 3. The lowest BCUT2D eigenvalue weighted by molar-refractivity contribution is 0.0218. The minimum Gasteiger partial charge on any atom is -0.473 e. The molecule has 0 radical (unpaired) electrons. The van der Waals surface area contributed by atoms with Crippen LogP contribution in [0.2, 0.25) is 0 Å². The molecule has 0 N–H and O–H groups in total. The maximum absolute atomic E-state index is 12.4. The average molecular weight is 509 g/mol. The van der Waals surface area contributed by atoms with Crippen molar-refractivity contribution in [2.45, 2.75) is 45.9 Å². The summed E-state index contributed by atoms with van der Waals surface area (Å²) in [5.41, 5.74) is 0.619. The monoisotopic (exact) mass is 509 g/mol. The molecule has 0 saturated carbocycles. The van der Waals surface area contributed by atoms with Crippen LogP contribution < -0.4 is 9.64 Å². The van der Waals surface area contributed by atoms with Crippen molar-refractivity contribution in [1.29, 1.82) is 0 Å². The van der Waals surface area contributed by atoms with Crippen LogP contribution >= 0.6 is 22.6 Å². The summed E-state index contributed by atoms with van der Waals surface area (Å²) in [6.07, 6.45) is -0.258. The van der Waals surface area contributed by atoms with Gasteiger partial charge in [0.15, 0.2) is 0 Å². The van der Waals surface area contributed by atoms with Crippen LogP contribution in [0.5, 0.6) is 5.88 Å². The van der Waals surface area contributed by atoms with Crippen molar-refractivity contribution in [3.8, 4) is 5.88 Å². The van der Waals surface area contributed by atoms with Gasteiger partial charge in [-0.1, -0.05) is 30.3 Å². The molecule has 1 aromatic heterocycles. The van der Waals surface area contributed by atoms with E-state index in [4.69, 9.17) is 14.5 Å². The van der Waals surface area contributed by atoms with Crippen molar-refractivity contribution < 1.29 is 14.3 Å². The van der Waals surface area contributed by atoms with Crippen LogP contribution in [-0.4, -0.2) is 47.3 Å². The zero-order valence-electron chi connectivity index (χ0n) is 17.4. The Morgan fingerprint density at radius 3 is 2.59 bits per heavy atom. The highest BCUT2D eigenvalue weighted by Crippen LogP contribution is 2.25. The number of amides is 1. The molecule has 0 bridgehead atoms. The lowest BCUT2D eigenvalue weighted by atomic mass is 10.2. The number of hydrogen-bond acceptors (Lipinski definition) is 5. The Morgan fingerprint density at radius 1 is 1.21 bits per heavy atom. The molecule has 1 aliphatic rings. The predicted molar refractivity (Wildman–Crippen MR) is 122 cm³/mol. The van der Waals surface area contributed by atoms with Crippen LogP contribution in [-0.2, 0) is 11.3 Å². The zero-order chi connectivity index (χ0) is 21.0. The molecular formula is C22H28IN3O3. The minimum atomic E-state index is -0.487. The molecule has 156 valence electrons. The second-order valence-electron chi connectivity index (χ2n) is 8.22. The van der Waals surface area contributed by atoms with Crippen molar-refractivity contribution in [2.75, 3.05) is 24.5 Å². The lowest BCUT2D eigenvalue weighted by Crippen LogP contribution is -2.54. The van der Waals surface area contributed by atoms with E-state index in [-0.39, 0.29) is 12.1 Å². The number of ether oxygens (including phenoxy) is 2. The minimum absolute atomic E-state index is 0.129. The second kappa shape index (κ2) is 9.19. The van der Waals surface area contributed by atoms with E-state index in [1.165, 1.54) is 0 Å². The summed E-state index contributed by atoms with van der Waals surface area (Å²) in [5, 5.41) is 0. The number of piperazine rings is 1. The van der Waals surface area contributed by atoms with E-state index in [0.717, 1.165) is 15.0 Å². The Hall–Kier alpha value is -2.03. The number of carbonyl (C=O) groups excluding carboxylic acids is 1. The molecule has 1 atom stereocenters. The van der Waals surface area contributed by atoms with Crippen molar-refractivity contribution in [3.05, 3.63) is 51.6 Å². The zero-order valence-corrected chi connectivity index (χ0v) is 19.5. The van der Waals surface area contributed by atoms with Crippen molar-refractivity contribution in [2.24, 2.45) is 0 Å². The van der Waals surface area contributed by atoms with Gasteiger partial charge in [0, 0.05) is 35.3 Å². The first kappa shape index (κ1) is 21.7. The summed E-state index contributed by atoms with van der Waals surface area (Å²) in [7, 11) is 0. The van der Waals surface area contributed by atoms with E-state index in [1.54, 1.807) is 4.90 Å². The molecule has 1 amide bonds. The molecule has 0 spiro atoms. The van der Waals surface area contributed by atoms with Gasteiger partial charge in [-0.2, -0.15) is 4.98 Å². The fourth-order valence-corrected chi connectivity index (χ4v) is 3.75. The van der Waals surface area contributed by atoms with Gasteiger partial charge in [-0.15, -0.1) is 0 Å². The van der Waals surface area contributed by atoms with Crippen molar-refractivity contribution in [3.63, 3.8) is 0 Å². The van der Waals surface area contributed by atoms with E-state index in [1.807, 2.05) is 57.2 Å². The first-order valence-electron chi connectivity index (χ1n) is 9.80. The third-order valence-electron chi connectivity index (χ3n) is 4.56. The number of rotatable bonds is 4. The van der Waals surface area contributed by atoms with Gasteiger partial charge < -0.3 is 19.3 Å². The van der Waals surface area contributed by atoms with Gasteiger partial charge in [-0.25, -0.2) is 4.79 Å². The summed E-state index contributed by atoms with van der Waals surface area (Å²) < 4.78 is 12.5. The molecular weight excluding hydrogens is 481 g/mol. The smallest absolute Gasteiger partial charge is 0.410 e. The molecule has 6 nitrogen and oxygen atoms in total. The molecule has 2 aromatic rings. The molecule has 1 aliphatic heterocycles. The maximum Gasteiger partial charge on any atom is 0.410 e. The highest BCUT2D eigenvalue weighted by molar-refractivity contribution is 14.1. The van der Waals surface area contributed by atoms with Gasteiger partial charge in [-0.05, 0) is 61.9 Å². The number of hydrogen-bond donors (Lipinski definition) is 0. The Morgan fingerprint density at radius 2 is 1.93 bits per heavy atom. The summed E-state index contributed by atoms with van der Waals surface area (Å²) in [6.45, 7) is 10.1. The van der Waals surface area contributed by atoms with Gasteiger partial charge in [0.05, 0.1) is 0 Å². The molecule has 0 unspecified atom stereocenters. The number of pyridine rings is 1. The van der Waals surface area contributed by atoms with Gasteiger partial charge in [0.25, 0.3) is 0 Å². The van der Waals surface area contributed by atoms with E-state index in [0.29, 0.717) is 32.1 Å². The van der Waals surface area contributed by atoms with Crippen LogP contribution in [0.25, 0.3) is 0 Å².